The molecule has 0 radical (unpaired) electrons. The molecule has 0 spiro atoms. The molecule has 0 N–H and O–H groups in total. The highest BCUT2D eigenvalue weighted by Gasteiger charge is 2.31. The van der Waals surface area contributed by atoms with Crippen LogP contribution in [0.15, 0.2) is 12.2 Å². The third kappa shape index (κ3) is 2.69. The molecule has 1 aliphatic carbocycles. The number of hydrogen-bond donors (Lipinski definition) is 0. The van der Waals surface area contributed by atoms with Crippen LogP contribution in [0, 0.1) is 17.8 Å². The molecule has 0 heteroatoms. The van der Waals surface area contributed by atoms with Crippen molar-refractivity contribution in [2.75, 3.05) is 0 Å². The molecule has 0 amide bonds. The Morgan fingerprint density at radius 1 is 1.64 bits per heavy atom. The summed E-state index contributed by atoms with van der Waals surface area (Å²) in [5.41, 5.74) is 1.35. The molecule has 1 saturated carbocycles. The van der Waals surface area contributed by atoms with Gasteiger partial charge >= 0.3 is 0 Å². The Balaban J connectivity index is 2.07. The summed E-state index contributed by atoms with van der Waals surface area (Å²) in [6, 6.07) is 0. The fraction of sp³-hybridized carbons (Fsp3) is 0.818. The lowest BCUT2D eigenvalue weighted by Gasteiger charge is -2.09. The quantitative estimate of drug-likeness (QED) is 0.539. The van der Waals surface area contributed by atoms with E-state index >= 15 is 0 Å². The van der Waals surface area contributed by atoms with Gasteiger partial charge in [-0.2, -0.15) is 0 Å². The number of rotatable bonds is 4. The topological polar surface area (TPSA) is 0 Å². The molecule has 64 valence electrons. The van der Waals surface area contributed by atoms with Gasteiger partial charge in [0.05, 0.1) is 0 Å². The third-order valence-electron chi connectivity index (χ3n) is 3.09. The molecule has 1 rings (SSSR count). The summed E-state index contributed by atoms with van der Waals surface area (Å²) in [7, 11) is 0. The van der Waals surface area contributed by atoms with E-state index in [2.05, 4.69) is 27.4 Å². The second kappa shape index (κ2) is 3.42. The Kier molecular flexibility index (Phi) is 2.75. The minimum Gasteiger partial charge on any atom is -0.0999 e. The zero-order valence-electron chi connectivity index (χ0n) is 8.06. The molecular weight excluding hydrogens is 132 g/mol. The summed E-state index contributed by atoms with van der Waals surface area (Å²) >= 11 is 0. The van der Waals surface area contributed by atoms with Crippen LogP contribution in [-0.4, -0.2) is 0 Å². The lowest BCUT2D eigenvalue weighted by Crippen LogP contribution is -1.95. The van der Waals surface area contributed by atoms with E-state index in [-0.39, 0.29) is 0 Å². The highest BCUT2D eigenvalue weighted by molar-refractivity contribution is 4.94. The normalized spacial score (nSPS) is 31.5. The molecule has 0 heterocycles. The molecule has 1 fully saturated rings. The van der Waals surface area contributed by atoms with E-state index in [0.717, 1.165) is 17.8 Å². The second-order valence-electron chi connectivity index (χ2n) is 4.30. The summed E-state index contributed by atoms with van der Waals surface area (Å²) in [6.07, 6.45) is 4.25. The monoisotopic (exact) mass is 152 g/mol. The van der Waals surface area contributed by atoms with E-state index in [1.165, 1.54) is 24.8 Å². The number of allylic oxidation sites excluding steroid dienone is 1. The zero-order valence-corrected chi connectivity index (χ0v) is 8.06. The molecule has 11 heavy (non-hydrogen) atoms. The van der Waals surface area contributed by atoms with Gasteiger partial charge in [0.15, 0.2) is 0 Å². The van der Waals surface area contributed by atoms with E-state index in [1.54, 1.807) is 0 Å². The first kappa shape index (κ1) is 8.83. The third-order valence-corrected chi connectivity index (χ3v) is 3.09. The van der Waals surface area contributed by atoms with Gasteiger partial charge in [-0.3, -0.25) is 0 Å². The molecule has 0 aromatic rings. The fourth-order valence-electron chi connectivity index (χ4n) is 1.51. The SMILES string of the molecule is C=C(C)C(C)CCC1CC1C. The van der Waals surface area contributed by atoms with Gasteiger partial charge in [0.1, 0.15) is 0 Å². The Hall–Kier alpha value is -0.260. The van der Waals surface area contributed by atoms with Crippen molar-refractivity contribution in [2.24, 2.45) is 17.8 Å². The summed E-state index contributed by atoms with van der Waals surface area (Å²) in [5, 5.41) is 0. The largest absolute Gasteiger partial charge is 0.0999 e. The highest BCUT2D eigenvalue weighted by Crippen LogP contribution is 2.42. The maximum Gasteiger partial charge on any atom is -0.0237 e. The van der Waals surface area contributed by atoms with Crippen LogP contribution in [0.4, 0.5) is 0 Å². The van der Waals surface area contributed by atoms with Gasteiger partial charge in [-0.05, 0) is 43.9 Å². The van der Waals surface area contributed by atoms with Crippen LogP contribution in [0.2, 0.25) is 0 Å². The van der Waals surface area contributed by atoms with Crippen molar-refractivity contribution in [3.8, 4) is 0 Å². The zero-order chi connectivity index (χ0) is 8.43. The van der Waals surface area contributed by atoms with Crippen molar-refractivity contribution >= 4 is 0 Å². The van der Waals surface area contributed by atoms with Crippen LogP contribution in [0.1, 0.15) is 40.0 Å². The lowest BCUT2D eigenvalue weighted by atomic mass is 9.97. The first-order valence-corrected chi connectivity index (χ1v) is 4.76. The Bertz CT molecular complexity index is 146. The van der Waals surface area contributed by atoms with Crippen LogP contribution in [0.5, 0.6) is 0 Å². The highest BCUT2D eigenvalue weighted by atomic mass is 14.4. The van der Waals surface area contributed by atoms with E-state index in [1.807, 2.05) is 0 Å². The van der Waals surface area contributed by atoms with Crippen molar-refractivity contribution in [3.63, 3.8) is 0 Å². The maximum absolute atomic E-state index is 3.97. The van der Waals surface area contributed by atoms with Crippen molar-refractivity contribution in [2.45, 2.75) is 40.0 Å². The van der Waals surface area contributed by atoms with Crippen molar-refractivity contribution in [1.82, 2.24) is 0 Å². The molecule has 0 aromatic heterocycles. The molecule has 0 aliphatic heterocycles. The van der Waals surface area contributed by atoms with E-state index in [0.29, 0.717) is 0 Å². The predicted molar refractivity (Wildman–Crippen MR) is 50.5 cm³/mol. The minimum absolute atomic E-state index is 0.739. The second-order valence-corrected chi connectivity index (χ2v) is 4.30. The van der Waals surface area contributed by atoms with Crippen LogP contribution < -0.4 is 0 Å². The van der Waals surface area contributed by atoms with Gasteiger partial charge in [-0.25, -0.2) is 0 Å². The fourth-order valence-corrected chi connectivity index (χ4v) is 1.51. The minimum atomic E-state index is 0.739. The summed E-state index contributed by atoms with van der Waals surface area (Å²) in [5.74, 6) is 2.81. The predicted octanol–water partition coefficient (Wildman–Crippen LogP) is 3.63. The van der Waals surface area contributed by atoms with E-state index < -0.39 is 0 Å². The van der Waals surface area contributed by atoms with Gasteiger partial charge < -0.3 is 0 Å². The summed E-state index contributed by atoms with van der Waals surface area (Å²) in [6.45, 7) is 10.8. The van der Waals surface area contributed by atoms with E-state index in [9.17, 15) is 0 Å². The van der Waals surface area contributed by atoms with Crippen LogP contribution >= 0.6 is 0 Å². The van der Waals surface area contributed by atoms with Gasteiger partial charge in [0, 0.05) is 0 Å². The average molecular weight is 152 g/mol. The summed E-state index contributed by atoms with van der Waals surface area (Å²) < 4.78 is 0. The van der Waals surface area contributed by atoms with Gasteiger partial charge in [0.25, 0.3) is 0 Å². The van der Waals surface area contributed by atoms with Crippen LogP contribution in [-0.2, 0) is 0 Å². The molecule has 0 saturated heterocycles. The maximum atomic E-state index is 3.97. The molecule has 0 nitrogen and oxygen atoms in total. The molecule has 1 aliphatic rings. The Morgan fingerprint density at radius 2 is 2.18 bits per heavy atom. The molecule has 0 bridgehead atoms. The number of hydrogen-bond acceptors (Lipinski definition) is 0. The van der Waals surface area contributed by atoms with Crippen LogP contribution in [0.3, 0.4) is 0 Å². The average Bonchev–Trinajstić information content (AvgIpc) is 2.61. The first-order valence-electron chi connectivity index (χ1n) is 4.76. The standard InChI is InChI=1S/C11H20/c1-8(2)9(3)5-6-11-7-10(11)4/h9-11H,1,5-7H2,2-4H3. The Labute approximate surface area is 70.7 Å². The molecular formula is C11H20. The van der Waals surface area contributed by atoms with Gasteiger partial charge in [0.2, 0.25) is 0 Å². The summed E-state index contributed by atoms with van der Waals surface area (Å²) in [4.78, 5) is 0. The van der Waals surface area contributed by atoms with E-state index in [4.69, 9.17) is 0 Å². The van der Waals surface area contributed by atoms with Crippen molar-refractivity contribution in [1.29, 1.82) is 0 Å². The van der Waals surface area contributed by atoms with Gasteiger partial charge in [-0.1, -0.05) is 26.0 Å². The van der Waals surface area contributed by atoms with Crippen molar-refractivity contribution < 1.29 is 0 Å². The van der Waals surface area contributed by atoms with Crippen molar-refractivity contribution in [3.05, 3.63) is 12.2 Å². The molecule has 3 unspecified atom stereocenters. The Morgan fingerprint density at radius 3 is 2.55 bits per heavy atom. The lowest BCUT2D eigenvalue weighted by molar-refractivity contribution is 0.533. The first-order chi connectivity index (χ1) is 5.11. The molecule has 0 aromatic carbocycles. The van der Waals surface area contributed by atoms with Crippen LogP contribution in [0.25, 0.3) is 0 Å². The van der Waals surface area contributed by atoms with Gasteiger partial charge in [-0.15, -0.1) is 0 Å². The smallest absolute Gasteiger partial charge is 0.0237 e. The molecule has 3 atom stereocenters.